The molecule has 9 N–H and O–H groups in total. The van der Waals surface area contributed by atoms with Crippen LogP contribution in [0.2, 0.25) is 0 Å². The lowest BCUT2D eigenvalue weighted by Crippen LogP contribution is -2.56. The number of fused-ring (bicyclic) bond motifs is 1. The highest BCUT2D eigenvalue weighted by molar-refractivity contribution is 6.02. The molecule has 0 aliphatic carbocycles. The molecule has 0 bridgehead atoms. The van der Waals surface area contributed by atoms with E-state index in [1.165, 1.54) is 4.40 Å². The molecule has 60 heavy (non-hydrogen) atoms. The Bertz CT molecular complexity index is 2260. The van der Waals surface area contributed by atoms with Crippen molar-refractivity contribution in [2.75, 3.05) is 11.9 Å². The monoisotopic (exact) mass is 816 g/mol. The number of imidazole rings is 1. The van der Waals surface area contributed by atoms with Gasteiger partial charge in [0.15, 0.2) is 11.6 Å². The lowest BCUT2D eigenvalue weighted by Gasteiger charge is -2.25. The molecule has 3 aromatic carbocycles. The van der Waals surface area contributed by atoms with Crippen molar-refractivity contribution in [3.8, 4) is 0 Å². The first-order valence-electron chi connectivity index (χ1n) is 19.7. The fourth-order valence-corrected chi connectivity index (χ4v) is 6.42. The number of aliphatic imine (C=N–C) groups is 1. The van der Waals surface area contributed by atoms with E-state index >= 15 is 0 Å². The van der Waals surface area contributed by atoms with Gasteiger partial charge in [0.25, 0.3) is 5.91 Å². The second-order valence-electron chi connectivity index (χ2n) is 14.5. The van der Waals surface area contributed by atoms with Crippen LogP contribution in [0.3, 0.4) is 0 Å². The van der Waals surface area contributed by atoms with Crippen LogP contribution in [0.15, 0.2) is 114 Å². The van der Waals surface area contributed by atoms with Gasteiger partial charge in [-0.05, 0) is 54.5 Å². The van der Waals surface area contributed by atoms with E-state index in [1.54, 1.807) is 39.1 Å². The van der Waals surface area contributed by atoms with Crippen molar-refractivity contribution in [1.82, 2.24) is 30.7 Å². The summed E-state index contributed by atoms with van der Waals surface area (Å²) in [7, 11) is 0. The number of alkyl carbamates (subject to hydrolysis) is 1. The highest BCUT2D eigenvalue weighted by Gasteiger charge is 2.31. The molecule has 0 aliphatic heterocycles. The van der Waals surface area contributed by atoms with Crippen molar-refractivity contribution >= 4 is 47.0 Å². The number of benzene rings is 3. The number of carbonyl (C=O) groups excluding carboxylic acids is 5. The Balaban J connectivity index is 1.30. The van der Waals surface area contributed by atoms with Crippen LogP contribution in [0.25, 0.3) is 5.65 Å². The second kappa shape index (κ2) is 21.5. The summed E-state index contributed by atoms with van der Waals surface area (Å²) < 4.78 is 6.88. The molecule has 2 aromatic heterocycles. The van der Waals surface area contributed by atoms with Crippen LogP contribution in [0.1, 0.15) is 59.6 Å². The number of rotatable bonds is 19. The number of anilines is 1. The van der Waals surface area contributed by atoms with Crippen LogP contribution < -0.4 is 38.1 Å². The number of nitrogens with two attached hydrogens (primary N) is 2. The van der Waals surface area contributed by atoms with E-state index in [4.69, 9.17) is 16.2 Å². The first-order chi connectivity index (χ1) is 28.9. The molecule has 16 nitrogen and oxygen atoms in total. The number of nitrogens with one attached hydrogen (secondary N) is 5. The van der Waals surface area contributed by atoms with Crippen molar-refractivity contribution < 1.29 is 28.7 Å². The summed E-state index contributed by atoms with van der Waals surface area (Å²) in [4.78, 5) is 76.6. The Hall–Kier alpha value is -7.23. The SMILES string of the molecule is Cc1nc2c(NC(=O)[C@H](CCCN=C(N)N)NC(=O)OCc3ccccc3)cccn2c1C(=O)N[C@H](C(=O)N[C@@H](Cc1ccccc1)C(=O)NCc1ccccc1)C(C)C. The fraction of sp³-hybridized carbons (Fsp3) is 0.295. The highest BCUT2D eigenvalue weighted by atomic mass is 16.5. The minimum absolute atomic E-state index is 0.00416. The number of aryl methyl sites for hydroxylation is 1. The van der Waals surface area contributed by atoms with Gasteiger partial charge in [0.2, 0.25) is 17.7 Å². The molecule has 0 fully saturated rings. The molecule has 0 spiro atoms. The van der Waals surface area contributed by atoms with Gasteiger partial charge < -0.3 is 42.8 Å². The third-order valence-corrected chi connectivity index (χ3v) is 9.52. The molecule has 2 heterocycles. The lowest BCUT2D eigenvalue weighted by molar-refractivity contribution is -0.130. The molecule has 0 saturated carbocycles. The van der Waals surface area contributed by atoms with Crippen molar-refractivity contribution in [3.63, 3.8) is 0 Å². The summed E-state index contributed by atoms with van der Waals surface area (Å²) in [5, 5.41) is 14.1. The maximum Gasteiger partial charge on any atom is 0.408 e. The van der Waals surface area contributed by atoms with E-state index in [0.29, 0.717) is 12.1 Å². The first kappa shape index (κ1) is 43.9. The Morgan fingerprint density at radius 2 is 1.38 bits per heavy atom. The van der Waals surface area contributed by atoms with Crippen molar-refractivity contribution in [1.29, 1.82) is 0 Å². The molecule has 314 valence electrons. The van der Waals surface area contributed by atoms with Crippen LogP contribution in [0.4, 0.5) is 10.5 Å². The number of nitrogens with zero attached hydrogens (tertiary/aromatic N) is 3. The summed E-state index contributed by atoms with van der Waals surface area (Å²) >= 11 is 0. The largest absolute Gasteiger partial charge is 0.445 e. The Morgan fingerprint density at radius 3 is 2.02 bits per heavy atom. The molecule has 5 rings (SSSR count). The normalized spacial score (nSPS) is 12.4. The third kappa shape index (κ3) is 12.6. The molecular formula is C44H52N10O6. The number of guanidine groups is 1. The van der Waals surface area contributed by atoms with Gasteiger partial charge in [0, 0.05) is 25.7 Å². The number of ether oxygens (including phenoxy) is 1. The molecular weight excluding hydrogens is 765 g/mol. The predicted octanol–water partition coefficient (Wildman–Crippen LogP) is 3.73. The first-order valence-corrected chi connectivity index (χ1v) is 19.7. The van der Waals surface area contributed by atoms with Gasteiger partial charge in [0.05, 0.1) is 11.4 Å². The van der Waals surface area contributed by atoms with E-state index in [9.17, 15) is 24.0 Å². The average Bonchev–Trinajstić information content (AvgIpc) is 3.59. The zero-order chi connectivity index (χ0) is 43.0. The molecule has 0 saturated heterocycles. The number of pyridine rings is 1. The molecule has 3 atom stereocenters. The van der Waals surface area contributed by atoms with Crippen LogP contribution in [-0.4, -0.2) is 69.7 Å². The standard InChI is InChI=1S/C44H52N10O6/c1-28(2)36(41(57)51-35(25-30-15-7-4-8-16-30)39(55)48-26-31-17-9-5-10-18-31)53-42(58)37-29(3)49-38-33(22-14-24-54(37)38)50-40(56)34(21-13-23-47-43(45)46)52-44(59)60-27-32-19-11-6-12-20-32/h4-12,14-20,22,24,28,34-36H,13,21,23,25-27H2,1-3H3,(H,48,55)(H,50,56)(H,51,57)(H,52,59)(H,53,58)(H4,45,46,47)/t34-,35-,36-/m0/s1. The van der Waals surface area contributed by atoms with E-state index in [-0.39, 0.29) is 67.4 Å². The lowest BCUT2D eigenvalue weighted by atomic mass is 10.0. The maximum absolute atomic E-state index is 14.0. The van der Waals surface area contributed by atoms with Gasteiger partial charge in [-0.25, -0.2) is 9.78 Å². The van der Waals surface area contributed by atoms with Gasteiger partial charge in [0.1, 0.15) is 30.4 Å². The Kier molecular flexibility index (Phi) is 15.7. The van der Waals surface area contributed by atoms with Gasteiger partial charge in [-0.15, -0.1) is 0 Å². The van der Waals surface area contributed by atoms with E-state index in [0.717, 1.165) is 16.7 Å². The van der Waals surface area contributed by atoms with Crippen molar-refractivity contribution in [3.05, 3.63) is 137 Å². The van der Waals surface area contributed by atoms with Gasteiger partial charge >= 0.3 is 6.09 Å². The number of amides is 5. The molecule has 0 unspecified atom stereocenters. The van der Waals surface area contributed by atoms with E-state index in [1.807, 2.05) is 91.0 Å². The number of carbonyl (C=O) groups is 5. The predicted molar refractivity (Wildman–Crippen MR) is 228 cm³/mol. The summed E-state index contributed by atoms with van der Waals surface area (Å²) in [6, 6.07) is 28.1. The van der Waals surface area contributed by atoms with Crippen LogP contribution in [0.5, 0.6) is 0 Å². The summed E-state index contributed by atoms with van der Waals surface area (Å²) in [5.41, 5.74) is 14.4. The van der Waals surface area contributed by atoms with Crippen molar-refractivity contribution in [2.45, 2.75) is 71.3 Å². The van der Waals surface area contributed by atoms with Crippen LogP contribution >= 0.6 is 0 Å². The van der Waals surface area contributed by atoms with Crippen LogP contribution in [0, 0.1) is 12.8 Å². The van der Waals surface area contributed by atoms with Gasteiger partial charge in [-0.2, -0.15) is 0 Å². The quantitative estimate of drug-likeness (QED) is 0.0365. The molecule has 0 radical (unpaired) electrons. The van der Waals surface area contributed by atoms with Crippen LogP contribution in [-0.2, 0) is 38.7 Å². The number of hydrogen-bond acceptors (Lipinski definition) is 8. The zero-order valence-corrected chi connectivity index (χ0v) is 33.9. The topological polar surface area (TPSA) is 236 Å². The Labute approximate surface area is 348 Å². The maximum atomic E-state index is 14.0. The third-order valence-electron chi connectivity index (χ3n) is 9.52. The number of hydrogen-bond donors (Lipinski definition) is 7. The van der Waals surface area contributed by atoms with Gasteiger partial charge in [-0.3, -0.25) is 28.6 Å². The Morgan fingerprint density at radius 1 is 0.750 bits per heavy atom. The summed E-state index contributed by atoms with van der Waals surface area (Å²) in [6.07, 6.45) is 1.59. The summed E-state index contributed by atoms with van der Waals surface area (Å²) in [6.45, 7) is 5.73. The molecule has 5 aromatic rings. The zero-order valence-electron chi connectivity index (χ0n) is 33.9. The molecule has 5 amide bonds. The van der Waals surface area contributed by atoms with Gasteiger partial charge in [-0.1, -0.05) is 105 Å². The van der Waals surface area contributed by atoms with Crippen molar-refractivity contribution in [2.24, 2.45) is 22.4 Å². The van der Waals surface area contributed by atoms with E-state index < -0.39 is 41.9 Å². The minimum atomic E-state index is -1.04. The summed E-state index contributed by atoms with van der Waals surface area (Å²) in [5.74, 6) is -2.52. The average molecular weight is 817 g/mol. The molecule has 0 aliphatic rings. The molecule has 16 heteroatoms. The highest BCUT2D eigenvalue weighted by Crippen LogP contribution is 2.21. The number of aromatic nitrogens is 2. The smallest absolute Gasteiger partial charge is 0.408 e. The minimum Gasteiger partial charge on any atom is -0.445 e. The van der Waals surface area contributed by atoms with E-state index in [2.05, 4.69) is 36.6 Å². The fourth-order valence-electron chi connectivity index (χ4n) is 6.42. The second-order valence-corrected chi connectivity index (χ2v) is 14.5.